The molecular weight excluding hydrogens is 372 g/mol. The van der Waals surface area contributed by atoms with Crippen molar-refractivity contribution >= 4 is 27.7 Å². The molecule has 1 atom stereocenters. The Morgan fingerprint density at radius 3 is 2.32 bits per heavy atom. The summed E-state index contributed by atoms with van der Waals surface area (Å²) in [6.07, 6.45) is 3.91. The standard InChI is InChI=1S/C22H26N2O3S/c1-17(2)22(19-7-4-3-5-8-19)23-21(25)14-11-18-9-12-20(13-10-18)24-15-6-16-28(24,26)27/h3-5,7-14,17,22H,6,15-16H2,1-2H3,(H,23,25)/b14-11+. The molecule has 1 unspecified atom stereocenters. The first-order valence-electron chi connectivity index (χ1n) is 9.51. The summed E-state index contributed by atoms with van der Waals surface area (Å²) < 4.78 is 25.4. The van der Waals surface area contributed by atoms with E-state index in [4.69, 9.17) is 0 Å². The molecule has 0 aromatic heterocycles. The van der Waals surface area contributed by atoms with Crippen molar-refractivity contribution in [1.82, 2.24) is 5.32 Å². The largest absolute Gasteiger partial charge is 0.345 e. The van der Waals surface area contributed by atoms with Crippen molar-refractivity contribution in [3.63, 3.8) is 0 Å². The highest BCUT2D eigenvalue weighted by atomic mass is 32.2. The quantitative estimate of drug-likeness (QED) is 0.754. The highest BCUT2D eigenvalue weighted by Gasteiger charge is 2.28. The first-order valence-corrected chi connectivity index (χ1v) is 11.1. The van der Waals surface area contributed by atoms with E-state index < -0.39 is 10.0 Å². The number of rotatable bonds is 6. The van der Waals surface area contributed by atoms with Gasteiger partial charge in [-0.1, -0.05) is 56.3 Å². The number of benzene rings is 2. The average Bonchev–Trinajstić information content (AvgIpc) is 3.04. The van der Waals surface area contributed by atoms with Crippen LogP contribution in [0.25, 0.3) is 6.08 Å². The monoisotopic (exact) mass is 398 g/mol. The van der Waals surface area contributed by atoms with Gasteiger partial charge in [0, 0.05) is 12.6 Å². The van der Waals surface area contributed by atoms with Gasteiger partial charge in [0.25, 0.3) is 0 Å². The van der Waals surface area contributed by atoms with E-state index in [0.29, 0.717) is 18.7 Å². The molecule has 0 radical (unpaired) electrons. The molecule has 0 saturated carbocycles. The van der Waals surface area contributed by atoms with Gasteiger partial charge >= 0.3 is 0 Å². The highest BCUT2D eigenvalue weighted by Crippen LogP contribution is 2.24. The van der Waals surface area contributed by atoms with Crippen molar-refractivity contribution in [1.29, 1.82) is 0 Å². The summed E-state index contributed by atoms with van der Waals surface area (Å²) in [6, 6.07) is 17.1. The summed E-state index contributed by atoms with van der Waals surface area (Å²) in [5.74, 6) is 0.308. The second-order valence-electron chi connectivity index (χ2n) is 7.31. The lowest BCUT2D eigenvalue weighted by molar-refractivity contribution is -0.117. The maximum Gasteiger partial charge on any atom is 0.244 e. The van der Waals surface area contributed by atoms with Crippen LogP contribution in [0.3, 0.4) is 0 Å². The summed E-state index contributed by atoms with van der Waals surface area (Å²) in [5.41, 5.74) is 2.59. The molecule has 5 nitrogen and oxygen atoms in total. The van der Waals surface area contributed by atoms with Crippen molar-refractivity contribution in [2.45, 2.75) is 26.3 Å². The second-order valence-corrected chi connectivity index (χ2v) is 9.32. The predicted octanol–water partition coefficient (Wildman–Crippen LogP) is 3.75. The fourth-order valence-corrected chi connectivity index (χ4v) is 4.91. The van der Waals surface area contributed by atoms with Crippen molar-refractivity contribution in [3.8, 4) is 0 Å². The Morgan fingerprint density at radius 2 is 1.75 bits per heavy atom. The smallest absolute Gasteiger partial charge is 0.244 e. The maximum atomic E-state index is 12.4. The number of hydrogen-bond donors (Lipinski definition) is 1. The summed E-state index contributed by atoms with van der Waals surface area (Å²) in [4.78, 5) is 12.4. The minimum absolute atomic E-state index is 0.0545. The van der Waals surface area contributed by atoms with E-state index in [-0.39, 0.29) is 23.6 Å². The third kappa shape index (κ3) is 4.81. The fourth-order valence-electron chi connectivity index (χ4n) is 3.35. The van der Waals surface area contributed by atoms with Crippen LogP contribution in [0.4, 0.5) is 5.69 Å². The van der Waals surface area contributed by atoms with Crippen LogP contribution in [0, 0.1) is 5.92 Å². The Labute approximate surface area is 167 Å². The topological polar surface area (TPSA) is 66.5 Å². The molecule has 1 saturated heterocycles. The van der Waals surface area contributed by atoms with Gasteiger partial charge in [0.2, 0.25) is 15.9 Å². The summed E-state index contributed by atoms with van der Waals surface area (Å²) in [6.45, 7) is 4.68. The van der Waals surface area contributed by atoms with E-state index in [2.05, 4.69) is 19.2 Å². The molecule has 0 spiro atoms. The number of hydrogen-bond acceptors (Lipinski definition) is 3. The van der Waals surface area contributed by atoms with E-state index in [1.165, 1.54) is 10.4 Å². The van der Waals surface area contributed by atoms with Crippen LogP contribution in [0.5, 0.6) is 0 Å². The van der Waals surface area contributed by atoms with Crippen molar-refractivity contribution < 1.29 is 13.2 Å². The van der Waals surface area contributed by atoms with Crippen molar-refractivity contribution in [2.75, 3.05) is 16.6 Å². The van der Waals surface area contributed by atoms with E-state index in [1.54, 1.807) is 18.2 Å². The molecule has 2 aromatic rings. The third-order valence-electron chi connectivity index (χ3n) is 4.83. The number of carbonyl (C=O) groups excluding carboxylic acids is 1. The van der Waals surface area contributed by atoms with Gasteiger partial charge in [-0.15, -0.1) is 0 Å². The molecule has 148 valence electrons. The number of carbonyl (C=O) groups is 1. The van der Waals surface area contributed by atoms with Gasteiger partial charge in [-0.3, -0.25) is 9.10 Å². The fraction of sp³-hybridized carbons (Fsp3) is 0.318. The van der Waals surface area contributed by atoms with Gasteiger partial charge in [0.15, 0.2) is 0 Å². The first-order chi connectivity index (χ1) is 13.4. The number of nitrogens with one attached hydrogen (secondary N) is 1. The predicted molar refractivity (Wildman–Crippen MR) is 113 cm³/mol. The lowest BCUT2D eigenvalue weighted by Gasteiger charge is -2.22. The second kappa shape index (κ2) is 8.61. The Hall–Kier alpha value is -2.60. The first kappa shape index (κ1) is 20.1. The molecule has 1 heterocycles. The molecule has 1 fully saturated rings. The zero-order chi connectivity index (χ0) is 20.1. The van der Waals surface area contributed by atoms with Crippen LogP contribution in [0.1, 0.15) is 37.4 Å². The lowest BCUT2D eigenvalue weighted by Crippen LogP contribution is -2.30. The Kier molecular flexibility index (Phi) is 6.19. The van der Waals surface area contributed by atoms with E-state index in [1.807, 2.05) is 42.5 Å². The summed E-state index contributed by atoms with van der Waals surface area (Å²) in [7, 11) is -3.18. The molecule has 1 aliphatic rings. The van der Waals surface area contributed by atoms with Crippen molar-refractivity contribution in [3.05, 3.63) is 71.8 Å². The summed E-state index contributed by atoms with van der Waals surface area (Å²) in [5, 5.41) is 3.06. The Balaban J connectivity index is 1.65. The lowest BCUT2D eigenvalue weighted by atomic mass is 9.96. The van der Waals surface area contributed by atoms with E-state index in [0.717, 1.165) is 11.1 Å². The SMILES string of the molecule is CC(C)C(NC(=O)/C=C/c1ccc(N2CCCS2(=O)=O)cc1)c1ccccc1. The molecular formula is C22H26N2O3S. The van der Waals surface area contributed by atoms with Crippen LogP contribution in [-0.2, 0) is 14.8 Å². The highest BCUT2D eigenvalue weighted by molar-refractivity contribution is 7.93. The molecule has 28 heavy (non-hydrogen) atoms. The molecule has 3 rings (SSSR count). The minimum atomic E-state index is -3.18. The Bertz CT molecular complexity index is 936. The molecule has 1 N–H and O–H groups in total. The average molecular weight is 399 g/mol. The van der Waals surface area contributed by atoms with Gasteiger partial charge in [-0.05, 0) is 41.7 Å². The van der Waals surface area contributed by atoms with Crippen molar-refractivity contribution in [2.24, 2.45) is 5.92 Å². The molecule has 0 aliphatic carbocycles. The number of nitrogens with zero attached hydrogens (tertiary/aromatic N) is 1. The van der Waals surface area contributed by atoms with Crippen LogP contribution in [0.2, 0.25) is 0 Å². The van der Waals surface area contributed by atoms with E-state index >= 15 is 0 Å². The molecule has 2 aromatic carbocycles. The number of amides is 1. The molecule has 6 heteroatoms. The van der Waals surface area contributed by atoms with Crippen LogP contribution in [-0.4, -0.2) is 26.6 Å². The van der Waals surface area contributed by atoms with Crippen LogP contribution >= 0.6 is 0 Å². The van der Waals surface area contributed by atoms with E-state index in [9.17, 15) is 13.2 Å². The minimum Gasteiger partial charge on any atom is -0.345 e. The van der Waals surface area contributed by atoms with Gasteiger partial charge in [0.1, 0.15) is 0 Å². The zero-order valence-corrected chi connectivity index (χ0v) is 17.0. The molecule has 1 amide bonds. The number of anilines is 1. The summed E-state index contributed by atoms with van der Waals surface area (Å²) >= 11 is 0. The zero-order valence-electron chi connectivity index (χ0n) is 16.2. The normalized spacial score (nSPS) is 17.2. The van der Waals surface area contributed by atoms with Gasteiger partial charge in [-0.2, -0.15) is 0 Å². The van der Waals surface area contributed by atoms with Gasteiger partial charge in [0.05, 0.1) is 17.5 Å². The Morgan fingerprint density at radius 1 is 1.07 bits per heavy atom. The van der Waals surface area contributed by atoms with Crippen LogP contribution in [0.15, 0.2) is 60.7 Å². The van der Waals surface area contributed by atoms with Crippen LogP contribution < -0.4 is 9.62 Å². The third-order valence-corrected chi connectivity index (χ3v) is 6.70. The molecule has 1 aliphatic heterocycles. The molecule has 0 bridgehead atoms. The van der Waals surface area contributed by atoms with Gasteiger partial charge in [-0.25, -0.2) is 8.42 Å². The number of sulfonamides is 1. The van der Waals surface area contributed by atoms with Gasteiger partial charge < -0.3 is 5.32 Å². The maximum absolute atomic E-state index is 12.4.